The van der Waals surface area contributed by atoms with Gasteiger partial charge in [-0.2, -0.15) is 0 Å². The zero-order chi connectivity index (χ0) is 29.1. The summed E-state index contributed by atoms with van der Waals surface area (Å²) in [5, 5.41) is 2.98. The van der Waals surface area contributed by atoms with Gasteiger partial charge in [0, 0.05) is 32.5 Å². The maximum absolute atomic E-state index is 13.8. The number of sulfonamides is 1. The summed E-state index contributed by atoms with van der Waals surface area (Å²) in [6.45, 7) is 6.82. The van der Waals surface area contributed by atoms with Crippen molar-refractivity contribution in [2.24, 2.45) is 0 Å². The highest BCUT2D eigenvalue weighted by Gasteiger charge is 2.30. The molecule has 40 heavy (non-hydrogen) atoms. The van der Waals surface area contributed by atoms with Crippen LogP contribution in [0, 0.1) is 13.8 Å². The number of carbonyl (C=O) groups is 2. The standard InChI is InChI=1S/C32H41N3O4S/c1-5-18-33-32(37)30(23-27-13-8-6-9-14-27)34(24-28-15-10-7-11-16-28)31(36)17-12-19-35(40(4,38)39)29-21-25(2)20-26(3)22-29/h6-11,13-16,20-22,30H,5,12,17-19,23-24H2,1-4H3,(H,33,37). The maximum atomic E-state index is 13.8. The second-order valence-corrected chi connectivity index (χ2v) is 12.2. The minimum Gasteiger partial charge on any atom is -0.354 e. The fourth-order valence-corrected chi connectivity index (χ4v) is 5.75. The van der Waals surface area contributed by atoms with Gasteiger partial charge in [-0.1, -0.05) is 73.7 Å². The number of nitrogens with zero attached hydrogens (tertiary/aromatic N) is 2. The lowest BCUT2D eigenvalue weighted by Crippen LogP contribution is -2.50. The molecule has 0 fully saturated rings. The number of amides is 2. The van der Waals surface area contributed by atoms with Gasteiger partial charge in [-0.05, 0) is 61.1 Å². The molecule has 0 aliphatic heterocycles. The molecule has 2 amide bonds. The fourth-order valence-electron chi connectivity index (χ4n) is 4.80. The van der Waals surface area contributed by atoms with E-state index < -0.39 is 16.1 Å². The van der Waals surface area contributed by atoms with Crippen LogP contribution in [0.4, 0.5) is 5.69 Å². The molecule has 0 aliphatic rings. The Balaban J connectivity index is 1.86. The van der Waals surface area contributed by atoms with E-state index >= 15 is 0 Å². The average Bonchev–Trinajstić information content (AvgIpc) is 2.91. The molecule has 8 heteroatoms. The van der Waals surface area contributed by atoms with Crippen LogP contribution in [-0.2, 0) is 32.6 Å². The van der Waals surface area contributed by atoms with Gasteiger partial charge in [-0.15, -0.1) is 0 Å². The quantitative estimate of drug-likeness (QED) is 0.299. The van der Waals surface area contributed by atoms with Crippen molar-refractivity contribution in [3.8, 4) is 0 Å². The van der Waals surface area contributed by atoms with Gasteiger partial charge in [-0.25, -0.2) is 8.42 Å². The van der Waals surface area contributed by atoms with Gasteiger partial charge in [-0.3, -0.25) is 13.9 Å². The van der Waals surface area contributed by atoms with E-state index in [4.69, 9.17) is 0 Å². The predicted molar refractivity (Wildman–Crippen MR) is 162 cm³/mol. The predicted octanol–water partition coefficient (Wildman–Crippen LogP) is 5.02. The van der Waals surface area contributed by atoms with Gasteiger partial charge >= 0.3 is 0 Å². The molecule has 0 aliphatic carbocycles. The Morgan fingerprint density at radius 3 is 2.00 bits per heavy atom. The molecule has 0 saturated carbocycles. The van der Waals surface area contributed by atoms with Gasteiger partial charge in [0.05, 0.1) is 11.9 Å². The van der Waals surface area contributed by atoms with E-state index in [9.17, 15) is 18.0 Å². The number of rotatable bonds is 14. The Morgan fingerprint density at radius 1 is 0.875 bits per heavy atom. The van der Waals surface area contributed by atoms with E-state index in [-0.39, 0.29) is 31.3 Å². The van der Waals surface area contributed by atoms with Crippen LogP contribution in [0.5, 0.6) is 0 Å². The van der Waals surface area contributed by atoms with Crippen molar-refractivity contribution in [2.45, 2.75) is 59.0 Å². The Morgan fingerprint density at radius 2 is 1.45 bits per heavy atom. The Labute approximate surface area is 239 Å². The topological polar surface area (TPSA) is 86.8 Å². The minimum atomic E-state index is -3.55. The summed E-state index contributed by atoms with van der Waals surface area (Å²) in [4.78, 5) is 28.9. The van der Waals surface area contributed by atoms with Crippen molar-refractivity contribution >= 4 is 27.5 Å². The molecule has 0 aromatic heterocycles. The highest BCUT2D eigenvalue weighted by atomic mass is 32.2. The summed E-state index contributed by atoms with van der Waals surface area (Å²) < 4.78 is 26.7. The summed E-state index contributed by atoms with van der Waals surface area (Å²) in [6.07, 6.45) is 2.78. The minimum absolute atomic E-state index is 0.107. The number of aryl methyl sites for hydroxylation is 2. The first kappa shape index (κ1) is 30.9. The van der Waals surface area contributed by atoms with E-state index in [1.54, 1.807) is 4.90 Å². The molecular formula is C32H41N3O4S. The molecule has 3 aromatic rings. The summed E-state index contributed by atoms with van der Waals surface area (Å²) >= 11 is 0. The Hall–Kier alpha value is -3.65. The van der Waals surface area contributed by atoms with Crippen LogP contribution in [0.2, 0.25) is 0 Å². The van der Waals surface area contributed by atoms with E-state index in [0.29, 0.717) is 25.1 Å². The monoisotopic (exact) mass is 563 g/mol. The second kappa shape index (κ2) is 14.7. The summed E-state index contributed by atoms with van der Waals surface area (Å²) in [7, 11) is -3.55. The number of benzene rings is 3. The molecule has 0 radical (unpaired) electrons. The van der Waals surface area contributed by atoms with Gasteiger partial charge < -0.3 is 10.2 Å². The van der Waals surface area contributed by atoms with Crippen LogP contribution in [-0.4, -0.2) is 50.5 Å². The van der Waals surface area contributed by atoms with Crippen molar-refractivity contribution < 1.29 is 18.0 Å². The largest absolute Gasteiger partial charge is 0.354 e. The van der Waals surface area contributed by atoms with E-state index in [1.165, 1.54) is 10.6 Å². The van der Waals surface area contributed by atoms with E-state index in [2.05, 4.69) is 5.32 Å². The van der Waals surface area contributed by atoms with Gasteiger partial charge in [0.1, 0.15) is 6.04 Å². The number of hydrogen-bond donors (Lipinski definition) is 1. The molecule has 7 nitrogen and oxygen atoms in total. The number of anilines is 1. The molecule has 0 heterocycles. The highest BCUT2D eigenvalue weighted by Crippen LogP contribution is 2.23. The summed E-state index contributed by atoms with van der Waals surface area (Å²) in [5.74, 6) is -0.381. The first-order chi connectivity index (χ1) is 19.1. The lowest BCUT2D eigenvalue weighted by atomic mass is 10.0. The molecule has 0 spiro atoms. The highest BCUT2D eigenvalue weighted by molar-refractivity contribution is 7.92. The fraction of sp³-hybridized carbons (Fsp3) is 0.375. The molecule has 1 atom stereocenters. The maximum Gasteiger partial charge on any atom is 0.243 e. The lowest BCUT2D eigenvalue weighted by Gasteiger charge is -2.32. The van der Waals surface area contributed by atoms with Crippen molar-refractivity contribution in [3.63, 3.8) is 0 Å². The number of carbonyl (C=O) groups excluding carboxylic acids is 2. The third-order valence-corrected chi connectivity index (χ3v) is 7.86. The SMILES string of the molecule is CCCNC(=O)C(Cc1ccccc1)N(Cc1ccccc1)C(=O)CCCN(c1cc(C)cc(C)c1)S(C)(=O)=O. The van der Waals surface area contributed by atoms with Crippen molar-refractivity contribution in [3.05, 3.63) is 101 Å². The lowest BCUT2D eigenvalue weighted by molar-refractivity contribution is -0.141. The summed E-state index contributed by atoms with van der Waals surface area (Å²) in [6, 6.07) is 24.3. The molecule has 1 N–H and O–H groups in total. The Kier molecular flexibility index (Phi) is 11.3. The first-order valence-electron chi connectivity index (χ1n) is 13.8. The third-order valence-electron chi connectivity index (χ3n) is 6.66. The van der Waals surface area contributed by atoms with Crippen molar-refractivity contribution in [1.82, 2.24) is 10.2 Å². The van der Waals surface area contributed by atoms with Crippen LogP contribution in [0.1, 0.15) is 48.4 Å². The second-order valence-electron chi connectivity index (χ2n) is 10.3. The number of hydrogen-bond acceptors (Lipinski definition) is 4. The van der Waals surface area contributed by atoms with Gasteiger partial charge in [0.25, 0.3) is 0 Å². The van der Waals surface area contributed by atoms with Gasteiger partial charge in [0.15, 0.2) is 0 Å². The third kappa shape index (κ3) is 9.23. The molecule has 3 aromatic carbocycles. The zero-order valence-electron chi connectivity index (χ0n) is 24.0. The molecule has 3 rings (SSSR count). The van der Waals surface area contributed by atoms with Crippen LogP contribution >= 0.6 is 0 Å². The average molecular weight is 564 g/mol. The van der Waals surface area contributed by atoms with Crippen molar-refractivity contribution in [2.75, 3.05) is 23.7 Å². The van der Waals surface area contributed by atoms with Crippen molar-refractivity contribution in [1.29, 1.82) is 0 Å². The van der Waals surface area contributed by atoms with E-state index in [1.807, 2.05) is 99.6 Å². The molecular weight excluding hydrogens is 522 g/mol. The van der Waals surface area contributed by atoms with Gasteiger partial charge in [0.2, 0.25) is 21.8 Å². The molecule has 214 valence electrons. The molecule has 1 unspecified atom stereocenters. The van der Waals surface area contributed by atoms with Crippen LogP contribution in [0.15, 0.2) is 78.9 Å². The normalized spacial score (nSPS) is 12.0. The Bertz CT molecular complexity index is 1340. The number of nitrogens with one attached hydrogen (secondary N) is 1. The smallest absolute Gasteiger partial charge is 0.243 e. The van der Waals surface area contributed by atoms with Crippen LogP contribution in [0.3, 0.4) is 0 Å². The van der Waals surface area contributed by atoms with E-state index in [0.717, 1.165) is 28.7 Å². The van der Waals surface area contributed by atoms with Crippen LogP contribution in [0.25, 0.3) is 0 Å². The summed E-state index contributed by atoms with van der Waals surface area (Å²) in [5.41, 5.74) is 4.41. The first-order valence-corrected chi connectivity index (χ1v) is 15.6. The molecule has 0 saturated heterocycles. The zero-order valence-corrected chi connectivity index (χ0v) is 24.8. The molecule has 0 bridgehead atoms. The van der Waals surface area contributed by atoms with Crippen LogP contribution < -0.4 is 9.62 Å².